The number of nitrogens with zero attached hydrogens (tertiary/aromatic N) is 1. The Balaban J connectivity index is 2.88. The summed E-state index contributed by atoms with van der Waals surface area (Å²) in [5.41, 5.74) is 5.63. The van der Waals surface area contributed by atoms with Crippen LogP contribution in [0.2, 0.25) is 5.02 Å². The molecule has 0 atom stereocenters. The Bertz CT molecular complexity index is 635. The molecule has 0 radical (unpaired) electrons. The Hall–Kier alpha value is -1.82. The fourth-order valence-corrected chi connectivity index (χ4v) is 2.11. The number of anilines is 1. The van der Waals surface area contributed by atoms with Gasteiger partial charge in [-0.15, -0.1) is 0 Å². The molecule has 0 aliphatic carbocycles. The van der Waals surface area contributed by atoms with Crippen molar-refractivity contribution in [2.75, 3.05) is 20.0 Å². The van der Waals surface area contributed by atoms with Crippen LogP contribution in [0.15, 0.2) is 12.1 Å². The molecule has 0 saturated carbocycles. The third-order valence-corrected chi connectivity index (χ3v) is 3.04. The molecule has 102 valence electrons. The van der Waals surface area contributed by atoms with Crippen LogP contribution in [0.1, 0.15) is 12.1 Å². The summed E-state index contributed by atoms with van der Waals surface area (Å²) in [4.78, 5) is 3.85. The lowest BCUT2D eigenvalue weighted by atomic mass is 10.1. The lowest BCUT2D eigenvalue weighted by molar-refractivity contribution is 0.146. The number of hydrogen-bond donors (Lipinski definition) is 1. The largest absolute Gasteiger partial charge is 0.495 e. The highest BCUT2D eigenvalue weighted by Crippen LogP contribution is 2.41. The average Bonchev–Trinajstić information content (AvgIpc) is 2.38. The number of rotatable bonds is 3. The molecule has 7 heteroatoms. The molecule has 19 heavy (non-hydrogen) atoms. The molecule has 2 aromatic rings. The number of hydrogen-bond acceptors (Lipinski definition) is 4. The van der Waals surface area contributed by atoms with Gasteiger partial charge in [0.05, 0.1) is 19.2 Å². The number of ether oxygens (including phenoxy) is 2. The molecule has 0 saturated heterocycles. The number of methoxy groups -OCH3 is 2. The fraction of sp³-hybridized carbons (Fsp3) is 0.250. The quantitative estimate of drug-likeness (QED) is 0.940. The highest BCUT2D eigenvalue weighted by molar-refractivity contribution is 6.38. The number of nitrogens with two attached hydrogens (primary N) is 1. The van der Waals surface area contributed by atoms with Gasteiger partial charge in [0, 0.05) is 17.1 Å². The van der Waals surface area contributed by atoms with Crippen LogP contribution in [0.4, 0.5) is 14.5 Å². The Morgan fingerprint density at radius 1 is 1.21 bits per heavy atom. The SMILES string of the molecule is COc1cc(OC)c2nc(C(F)F)cc(N)c2c1Cl. The van der Waals surface area contributed by atoms with E-state index in [9.17, 15) is 8.78 Å². The molecule has 2 N–H and O–H groups in total. The summed E-state index contributed by atoms with van der Waals surface area (Å²) < 4.78 is 35.7. The van der Waals surface area contributed by atoms with Crippen molar-refractivity contribution < 1.29 is 18.3 Å². The van der Waals surface area contributed by atoms with Gasteiger partial charge in [-0.2, -0.15) is 0 Å². The molecule has 0 fully saturated rings. The zero-order valence-corrected chi connectivity index (χ0v) is 11.0. The summed E-state index contributed by atoms with van der Waals surface area (Å²) in [6.07, 6.45) is -2.72. The second kappa shape index (κ2) is 5.05. The number of pyridine rings is 1. The molecule has 1 aromatic heterocycles. The maximum atomic E-state index is 12.7. The molecular weight excluding hydrogens is 278 g/mol. The summed E-state index contributed by atoms with van der Waals surface area (Å²) in [7, 11) is 2.83. The molecule has 0 amide bonds. The normalized spacial score (nSPS) is 11.1. The smallest absolute Gasteiger partial charge is 0.280 e. The Kier molecular flexibility index (Phi) is 3.61. The van der Waals surface area contributed by atoms with Crippen LogP contribution in [-0.4, -0.2) is 19.2 Å². The highest BCUT2D eigenvalue weighted by atomic mass is 35.5. The fourth-order valence-electron chi connectivity index (χ4n) is 1.78. The number of alkyl halides is 2. The van der Waals surface area contributed by atoms with Crippen LogP contribution < -0.4 is 15.2 Å². The van der Waals surface area contributed by atoms with Gasteiger partial charge in [-0.05, 0) is 6.07 Å². The predicted octanol–water partition coefficient (Wildman–Crippen LogP) is 3.43. The first-order valence-electron chi connectivity index (χ1n) is 5.28. The minimum Gasteiger partial charge on any atom is -0.495 e. The van der Waals surface area contributed by atoms with Crippen molar-refractivity contribution in [2.24, 2.45) is 0 Å². The van der Waals surface area contributed by atoms with Crippen molar-refractivity contribution in [2.45, 2.75) is 6.43 Å². The summed E-state index contributed by atoms with van der Waals surface area (Å²) in [6.45, 7) is 0. The van der Waals surface area contributed by atoms with E-state index in [1.807, 2.05) is 0 Å². The number of fused-ring (bicyclic) bond motifs is 1. The first-order valence-corrected chi connectivity index (χ1v) is 5.66. The summed E-state index contributed by atoms with van der Waals surface area (Å²) in [5.74, 6) is 0.606. The van der Waals surface area contributed by atoms with Crippen molar-refractivity contribution in [3.05, 3.63) is 22.8 Å². The Labute approximate surface area is 113 Å². The third kappa shape index (κ3) is 2.23. The first kappa shape index (κ1) is 13.6. The summed E-state index contributed by atoms with van der Waals surface area (Å²) >= 11 is 6.12. The van der Waals surface area contributed by atoms with Gasteiger partial charge in [0.15, 0.2) is 0 Å². The standard InChI is InChI=1S/C12H11ClF2N2O2/c1-18-7-4-8(19-2)11-9(10(7)13)5(16)3-6(17-11)12(14)15/h3-4,12H,1-2H3,(H2,16,17). The van der Waals surface area contributed by atoms with E-state index in [2.05, 4.69) is 4.98 Å². The van der Waals surface area contributed by atoms with E-state index >= 15 is 0 Å². The zero-order valence-electron chi connectivity index (χ0n) is 10.2. The monoisotopic (exact) mass is 288 g/mol. The van der Waals surface area contributed by atoms with Gasteiger partial charge in [0.25, 0.3) is 6.43 Å². The zero-order chi connectivity index (χ0) is 14.2. The van der Waals surface area contributed by atoms with Gasteiger partial charge in [-0.1, -0.05) is 11.6 Å². The van der Waals surface area contributed by atoms with Crippen LogP contribution in [-0.2, 0) is 0 Å². The highest BCUT2D eigenvalue weighted by Gasteiger charge is 2.19. The van der Waals surface area contributed by atoms with Crippen molar-refractivity contribution in [1.82, 2.24) is 4.98 Å². The molecule has 2 rings (SSSR count). The third-order valence-electron chi connectivity index (χ3n) is 2.66. The minimum absolute atomic E-state index is 0.0995. The number of nitrogen functional groups attached to an aromatic ring is 1. The molecule has 1 aromatic carbocycles. The molecule has 0 bridgehead atoms. The van der Waals surface area contributed by atoms with E-state index in [-0.39, 0.29) is 22.0 Å². The first-order chi connectivity index (χ1) is 8.99. The van der Waals surface area contributed by atoms with E-state index in [0.717, 1.165) is 6.07 Å². The molecular formula is C12H11ClF2N2O2. The van der Waals surface area contributed by atoms with E-state index in [1.54, 1.807) is 0 Å². The van der Waals surface area contributed by atoms with Crippen LogP contribution in [0.25, 0.3) is 10.9 Å². The van der Waals surface area contributed by atoms with Gasteiger partial charge in [-0.25, -0.2) is 13.8 Å². The van der Waals surface area contributed by atoms with Gasteiger partial charge in [-0.3, -0.25) is 0 Å². The van der Waals surface area contributed by atoms with E-state index in [0.29, 0.717) is 11.1 Å². The van der Waals surface area contributed by atoms with E-state index in [1.165, 1.54) is 20.3 Å². The van der Waals surface area contributed by atoms with Gasteiger partial charge in [0.2, 0.25) is 0 Å². The lowest BCUT2D eigenvalue weighted by Crippen LogP contribution is -2.00. The van der Waals surface area contributed by atoms with Gasteiger partial charge >= 0.3 is 0 Å². The van der Waals surface area contributed by atoms with E-state index < -0.39 is 12.1 Å². The second-order valence-electron chi connectivity index (χ2n) is 3.76. The molecule has 0 aliphatic heterocycles. The van der Waals surface area contributed by atoms with Crippen LogP contribution in [0.5, 0.6) is 11.5 Å². The summed E-state index contributed by atoms with van der Waals surface area (Å²) in [5, 5.41) is 0.548. The predicted molar refractivity (Wildman–Crippen MR) is 69.2 cm³/mol. The average molecular weight is 289 g/mol. The van der Waals surface area contributed by atoms with Crippen LogP contribution >= 0.6 is 11.6 Å². The molecule has 1 heterocycles. The topological polar surface area (TPSA) is 57.4 Å². The van der Waals surface area contributed by atoms with Crippen LogP contribution in [0, 0.1) is 0 Å². The molecule has 0 unspecified atom stereocenters. The van der Waals surface area contributed by atoms with Gasteiger partial charge < -0.3 is 15.2 Å². The second-order valence-corrected chi connectivity index (χ2v) is 4.13. The van der Waals surface area contributed by atoms with Crippen molar-refractivity contribution >= 4 is 28.2 Å². The van der Waals surface area contributed by atoms with Gasteiger partial charge in [0.1, 0.15) is 22.7 Å². The van der Waals surface area contributed by atoms with Crippen molar-refractivity contribution in [3.63, 3.8) is 0 Å². The lowest BCUT2D eigenvalue weighted by Gasteiger charge is -2.13. The Morgan fingerprint density at radius 3 is 2.37 bits per heavy atom. The molecule has 0 aliphatic rings. The summed E-state index contributed by atoms with van der Waals surface area (Å²) in [6, 6.07) is 2.57. The molecule has 4 nitrogen and oxygen atoms in total. The number of halogens is 3. The van der Waals surface area contributed by atoms with Crippen molar-refractivity contribution in [3.8, 4) is 11.5 Å². The van der Waals surface area contributed by atoms with Crippen molar-refractivity contribution in [1.29, 1.82) is 0 Å². The Morgan fingerprint density at radius 2 is 1.84 bits per heavy atom. The maximum absolute atomic E-state index is 12.7. The number of aromatic nitrogens is 1. The minimum atomic E-state index is -2.72. The molecule has 0 spiro atoms. The number of benzene rings is 1. The van der Waals surface area contributed by atoms with E-state index in [4.69, 9.17) is 26.8 Å². The maximum Gasteiger partial charge on any atom is 0.280 e. The van der Waals surface area contributed by atoms with Crippen LogP contribution in [0.3, 0.4) is 0 Å².